The molecule has 13 heavy (non-hydrogen) atoms. The summed E-state index contributed by atoms with van der Waals surface area (Å²) in [5, 5.41) is 0. The SMILES string of the molecule is CC(=O)Cc1ccc(F)c(F)c1F. The first-order chi connectivity index (χ1) is 6.02. The van der Waals surface area contributed by atoms with Gasteiger partial charge >= 0.3 is 0 Å². The zero-order valence-electron chi connectivity index (χ0n) is 6.90. The van der Waals surface area contributed by atoms with Gasteiger partial charge in [-0.2, -0.15) is 0 Å². The summed E-state index contributed by atoms with van der Waals surface area (Å²) in [6.45, 7) is 1.25. The Labute approximate surface area is 73.2 Å². The van der Waals surface area contributed by atoms with Crippen LogP contribution >= 0.6 is 0 Å². The van der Waals surface area contributed by atoms with Gasteiger partial charge in [-0.1, -0.05) is 6.07 Å². The Balaban J connectivity index is 3.10. The first kappa shape index (κ1) is 9.77. The molecule has 1 aromatic rings. The summed E-state index contributed by atoms with van der Waals surface area (Å²) in [6.07, 6.45) is -0.219. The minimum absolute atomic E-state index is 0.119. The van der Waals surface area contributed by atoms with E-state index in [1.807, 2.05) is 0 Å². The Morgan fingerprint density at radius 2 is 1.85 bits per heavy atom. The van der Waals surface area contributed by atoms with Gasteiger partial charge < -0.3 is 0 Å². The number of carbonyl (C=O) groups excluding carboxylic acids is 1. The Bertz CT molecular complexity index is 347. The van der Waals surface area contributed by atoms with Crippen molar-refractivity contribution < 1.29 is 18.0 Å². The lowest BCUT2D eigenvalue weighted by molar-refractivity contribution is -0.116. The molecule has 0 fully saturated rings. The van der Waals surface area contributed by atoms with Crippen LogP contribution in [0.3, 0.4) is 0 Å². The van der Waals surface area contributed by atoms with Crippen LogP contribution in [0.2, 0.25) is 0 Å². The van der Waals surface area contributed by atoms with Crippen molar-refractivity contribution in [2.45, 2.75) is 13.3 Å². The molecule has 0 amide bonds. The van der Waals surface area contributed by atoms with Crippen molar-refractivity contribution in [3.8, 4) is 0 Å². The molecule has 0 spiro atoms. The van der Waals surface area contributed by atoms with E-state index in [1.54, 1.807) is 0 Å². The Hall–Kier alpha value is -1.32. The average molecular weight is 188 g/mol. The minimum Gasteiger partial charge on any atom is -0.300 e. The second-order valence-corrected chi connectivity index (χ2v) is 2.71. The summed E-state index contributed by atoms with van der Waals surface area (Å²) >= 11 is 0. The highest BCUT2D eigenvalue weighted by atomic mass is 19.2. The Kier molecular flexibility index (Phi) is 2.70. The number of hydrogen-bond donors (Lipinski definition) is 0. The van der Waals surface area contributed by atoms with Crippen LogP contribution in [0.1, 0.15) is 12.5 Å². The van der Waals surface area contributed by atoms with E-state index in [0.29, 0.717) is 0 Å². The summed E-state index contributed by atoms with van der Waals surface area (Å²) in [5.41, 5.74) is -0.119. The van der Waals surface area contributed by atoms with Crippen molar-refractivity contribution in [2.75, 3.05) is 0 Å². The van der Waals surface area contributed by atoms with Gasteiger partial charge in [-0.3, -0.25) is 4.79 Å². The zero-order valence-corrected chi connectivity index (χ0v) is 6.90. The number of carbonyl (C=O) groups is 1. The normalized spacial score (nSPS) is 10.2. The maximum Gasteiger partial charge on any atom is 0.194 e. The summed E-state index contributed by atoms with van der Waals surface area (Å²) in [7, 11) is 0. The van der Waals surface area contributed by atoms with E-state index in [-0.39, 0.29) is 17.8 Å². The first-order valence-electron chi connectivity index (χ1n) is 3.64. The van der Waals surface area contributed by atoms with Gasteiger partial charge in [0.1, 0.15) is 5.78 Å². The van der Waals surface area contributed by atoms with Crippen LogP contribution in [-0.2, 0) is 11.2 Å². The second-order valence-electron chi connectivity index (χ2n) is 2.71. The lowest BCUT2D eigenvalue weighted by Gasteiger charge is -2.01. The number of benzene rings is 1. The van der Waals surface area contributed by atoms with Crippen LogP contribution in [0.15, 0.2) is 12.1 Å². The van der Waals surface area contributed by atoms with E-state index in [2.05, 4.69) is 0 Å². The fraction of sp³-hybridized carbons (Fsp3) is 0.222. The van der Waals surface area contributed by atoms with Gasteiger partial charge in [-0.25, -0.2) is 13.2 Å². The monoisotopic (exact) mass is 188 g/mol. The van der Waals surface area contributed by atoms with Crippen LogP contribution in [0.25, 0.3) is 0 Å². The van der Waals surface area contributed by atoms with Gasteiger partial charge in [-0.05, 0) is 18.6 Å². The molecule has 0 aliphatic rings. The van der Waals surface area contributed by atoms with Gasteiger partial charge in [0, 0.05) is 6.42 Å². The number of rotatable bonds is 2. The van der Waals surface area contributed by atoms with Crippen molar-refractivity contribution in [3.05, 3.63) is 35.1 Å². The highest BCUT2D eigenvalue weighted by Crippen LogP contribution is 2.15. The average Bonchev–Trinajstić information content (AvgIpc) is 2.06. The molecule has 70 valence electrons. The van der Waals surface area contributed by atoms with Crippen molar-refractivity contribution in [1.29, 1.82) is 0 Å². The van der Waals surface area contributed by atoms with Gasteiger partial charge in [0.25, 0.3) is 0 Å². The smallest absolute Gasteiger partial charge is 0.194 e. The molecule has 1 aromatic carbocycles. The zero-order chi connectivity index (χ0) is 10.0. The summed E-state index contributed by atoms with van der Waals surface area (Å²) < 4.78 is 37.8. The number of Topliss-reactive ketones (excluding diaryl/α,β-unsaturated/α-hetero) is 1. The molecule has 1 rings (SSSR count). The molecule has 0 atom stereocenters. The van der Waals surface area contributed by atoms with Gasteiger partial charge in [0.05, 0.1) is 0 Å². The lowest BCUT2D eigenvalue weighted by atomic mass is 10.1. The lowest BCUT2D eigenvalue weighted by Crippen LogP contribution is -2.02. The van der Waals surface area contributed by atoms with Crippen molar-refractivity contribution in [2.24, 2.45) is 0 Å². The first-order valence-corrected chi connectivity index (χ1v) is 3.64. The van der Waals surface area contributed by atoms with E-state index >= 15 is 0 Å². The Morgan fingerprint density at radius 3 is 2.38 bits per heavy atom. The highest BCUT2D eigenvalue weighted by molar-refractivity contribution is 5.78. The van der Waals surface area contributed by atoms with Crippen LogP contribution in [0, 0.1) is 17.5 Å². The predicted octanol–water partition coefficient (Wildman–Crippen LogP) is 2.24. The summed E-state index contributed by atoms with van der Waals surface area (Å²) in [5.74, 6) is -4.36. The second kappa shape index (κ2) is 3.60. The van der Waals surface area contributed by atoms with Crippen LogP contribution in [-0.4, -0.2) is 5.78 Å². The molecular formula is C9H7F3O. The standard InChI is InChI=1S/C9H7F3O/c1-5(13)4-6-2-3-7(10)9(12)8(6)11/h2-3H,4H2,1H3. The molecule has 0 heterocycles. The summed E-state index contributed by atoms with van der Waals surface area (Å²) in [4.78, 5) is 10.6. The third-order valence-electron chi connectivity index (χ3n) is 1.55. The maximum absolute atomic E-state index is 12.9. The van der Waals surface area contributed by atoms with E-state index in [1.165, 1.54) is 6.92 Å². The predicted molar refractivity (Wildman–Crippen MR) is 40.7 cm³/mol. The summed E-state index contributed by atoms with van der Waals surface area (Å²) in [6, 6.07) is 1.87. The number of ketones is 1. The third-order valence-corrected chi connectivity index (χ3v) is 1.55. The third kappa shape index (κ3) is 2.08. The molecule has 0 N–H and O–H groups in total. The van der Waals surface area contributed by atoms with Crippen LogP contribution < -0.4 is 0 Å². The van der Waals surface area contributed by atoms with Gasteiger partial charge in [-0.15, -0.1) is 0 Å². The molecule has 1 nitrogen and oxygen atoms in total. The molecule has 4 heteroatoms. The van der Waals surface area contributed by atoms with Crippen molar-refractivity contribution >= 4 is 5.78 Å². The van der Waals surface area contributed by atoms with Crippen molar-refractivity contribution in [1.82, 2.24) is 0 Å². The van der Waals surface area contributed by atoms with Crippen LogP contribution in [0.4, 0.5) is 13.2 Å². The fourth-order valence-electron chi connectivity index (χ4n) is 0.971. The minimum atomic E-state index is -1.53. The van der Waals surface area contributed by atoms with E-state index < -0.39 is 17.5 Å². The largest absolute Gasteiger partial charge is 0.300 e. The number of hydrogen-bond acceptors (Lipinski definition) is 1. The molecule has 0 saturated carbocycles. The van der Waals surface area contributed by atoms with E-state index in [0.717, 1.165) is 12.1 Å². The molecule has 0 aliphatic carbocycles. The molecule has 0 unspecified atom stereocenters. The van der Waals surface area contributed by atoms with Crippen molar-refractivity contribution in [3.63, 3.8) is 0 Å². The maximum atomic E-state index is 12.9. The molecule has 0 saturated heterocycles. The van der Waals surface area contributed by atoms with Gasteiger partial charge in [0.2, 0.25) is 0 Å². The highest BCUT2D eigenvalue weighted by Gasteiger charge is 2.13. The van der Waals surface area contributed by atoms with Gasteiger partial charge in [0.15, 0.2) is 17.5 Å². The molecule has 0 bridgehead atoms. The Morgan fingerprint density at radius 1 is 1.23 bits per heavy atom. The van der Waals surface area contributed by atoms with E-state index in [9.17, 15) is 18.0 Å². The quantitative estimate of drug-likeness (QED) is 0.650. The number of halogens is 3. The molecule has 0 aliphatic heterocycles. The molecule has 0 aromatic heterocycles. The molecule has 0 radical (unpaired) electrons. The van der Waals surface area contributed by atoms with Crippen LogP contribution in [0.5, 0.6) is 0 Å². The molecular weight excluding hydrogens is 181 g/mol. The topological polar surface area (TPSA) is 17.1 Å². The van der Waals surface area contributed by atoms with E-state index in [4.69, 9.17) is 0 Å². The fourth-order valence-corrected chi connectivity index (χ4v) is 0.971.